The Hall–Kier alpha value is -0.970. The highest BCUT2D eigenvalue weighted by Gasteiger charge is 2.14. The van der Waals surface area contributed by atoms with E-state index in [9.17, 15) is 9.59 Å². The lowest BCUT2D eigenvalue weighted by Crippen LogP contribution is -2.34. The molecule has 0 aromatic heterocycles. The molecule has 17 heavy (non-hydrogen) atoms. The smallest absolute Gasteiger partial charge is 0.331 e. The van der Waals surface area contributed by atoms with Gasteiger partial charge in [-0.15, -0.1) is 0 Å². The standard InChI is InChI=1S/C12H21NO3S/c1-5-17-7-6-8(2)13-11(14)9(3)10(4)12(15)16/h8H,5-7H2,1-4H3,(H,13,14)(H,15,16). The molecule has 0 rings (SSSR count). The number of thioether (sulfide) groups is 1. The number of nitrogens with one attached hydrogen (secondary N) is 1. The molecule has 0 saturated carbocycles. The molecule has 1 unspecified atom stereocenters. The van der Waals surface area contributed by atoms with Gasteiger partial charge in [0.2, 0.25) is 5.91 Å². The minimum Gasteiger partial charge on any atom is -0.478 e. The van der Waals surface area contributed by atoms with Gasteiger partial charge in [0.25, 0.3) is 0 Å². The van der Waals surface area contributed by atoms with Crippen LogP contribution in [0, 0.1) is 0 Å². The highest BCUT2D eigenvalue weighted by atomic mass is 32.2. The summed E-state index contributed by atoms with van der Waals surface area (Å²) in [6.45, 7) is 7.00. The van der Waals surface area contributed by atoms with E-state index in [1.165, 1.54) is 13.8 Å². The summed E-state index contributed by atoms with van der Waals surface area (Å²) < 4.78 is 0. The van der Waals surface area contributed by atoms with Crippen molar-refractivity contribution in [2.24, 2.45) is 0 Å². The van der Waals surface area contributed by atoms with Crippen molar-refractivity contribution in [3.8, 4) is 0 Å². The predicted octanol–water partition coefficient (Wildman–Crippen LogP) is 2.06. The van der Waals surface area contributed by atoms with Crippen molar-refractivity contribution in [3.05, 3.63) is 11.1 Å². The number of rotatable bonds is 7. The minimum absolute atomic E-state index is 0.0677. The van der Waals surface area contributed by atoms with E-state index in [1.54, 1.807) is 0 Å². The van der Waals surface area contributed by atoms with E-state index in [-0.39, 0.29) is 23.1 Å². The molecule has 1 amide bonds. The van der Waals surface area contributed by atoms with Gasteiger partial charge in [0.05, 0.1) is 0 Å². The van der Waals surface area contributed by atoms with Crippen LogP contribution in [0.2, 0.25) is 0 Å². The highest BCUT2D eigenvalue weighted by molar-refractivity contribution is 7.99. The number of carbonyl (C=O) groups is 2. The van der Waals surface area contributed by atoms with Gasteiger partial charge >= 0.3 is 5.97 Å². The first-order chi connectivity index (χ1) is 7.90. The average molecular weight is 259 g/mol. The third-order valence-electron chi connectivity index (χ3n) is 2.50. The summed E-state index contributed by atoms with van der Waals surface area (Å²) >= 11 is 1.83. The molecule has 0 radical (unpaired) electrons. The molecule has 5 heteroatoms. The molecule has 0 aliphatic rings. The van der Waals surface area contributed by atoms with E-state index in [2.05, 4.69) is 12.2 Å². The number of hydrogen-bond acceptors (Lipinski definition) is 3. The molecule has 4 nitrogen and oxygen atoms in total. The molecular weight excluding hydrogens is 238 g/mol. The first kappa shape index (κ1) is 16.0. The molecule has 0 bridgehead atoms. The fourth-order valence-electron chi connectivity index (χ4n) is 1.14. The van der Waals surface area contributed by atoms with Gasteiger partial charge in [0.1, 0.15) is 0 Å². The number of aliphatic carboxylic acids is 1. The maximum absolute atomic E-state index is 11.7. The molecule has 0 aliphatic heterocycles. The molecule has 0 aliphatic carbocycles. The van der Waals surface area contributed by atoms with Crippen LogP contribution >= 0.6 is 11.8 Å². The van der Waals surface area contributed by atoms with Crippen LogP contribution in [0.1, 0.15) is 34.1 Å². The van der Waals surface area contributed by atoms with E-state index < -0.39 is 5.97 Å². The topological polar surface area (TPSA) is 66.4 Å². The molecule has 1 atom stereocenters. The van der Waals surface area contributed by atoms with Crippen LogP contribution in [0.25, 0.3) is 0 Å². The highest BCUT2D eigenvalue weighted by Crippen LogP contribution is 2.07. The van der Waals surface area contributed by atoms with E-state index in [1.807, 2.05) is 18.7 Å². The second-order valence-corrected chi connectivity index (χ2v) is 5.31. The summed E-state index contributed by atoms with van der Waals surface area (Å²) in [4.78, 5) is 22.4. The molecule has 0 aromatic carbocycles. The molecule has 98 valence electrons. The van der Waals surface area contributed by atoms with E-state index in [0.29, 0.717) is 0 Å². The lowest BCUT2D eigenvalue weighted by molar-refractivity contribution is -0.133. The molecule has 0 aromatic rings. The first-order valence-electron chi connectivity index (χ1n) is 5.69. The van der Waals surface area contributed by atoms with Crippen molar-refractivity contribution in [2.75, 3.05) is 11.5 Å². The van der Waals surface area contributed by atoms with Crippen molar-refractivity contribution in [2.45, 2.75) is 40.2 Å². The summed E-state index contributed by atoms with van der Waals surface area (Å²) in [5.41, 5.74) is 0.366. The third-order valence-corrected chi connectivity index (χ3v) is 3.43. The zero-order valence-electron chi connectivity index (χ0n) is 10.9. The zero-order chi connectivity index (χ0) is 13.4. The molecule has 0 fully saturated rings. The van der Waals surface area contributed by atoms with Gasteiger partial charge in [0.15, 0.2) is 0 Å². The lowest BCUT2D eigenvalue weighted by Gasteiger charge is -2.14. The normalized spacial score (nSPS) is 13.9. The minimum atomic E-state index is -1.05. The Balaban J connectivity index is 4.26. The molecule has 2 N–H and O–H groups in total. The van der Waals surface area contributed by atoms with Gasteiger partial charge in [-0.1, -0.05) is 6.92 Å². The summed E-state index contributed by atoms with van der Waals surface area (Å²) in [7, 11) is 0. The van der Waals surface area contributed by atoms with Gasteiger partial charge in [0, 0.05) is 17.2 Å². The largest absolute Gasteiger partial charge is 0.478 e. The van der Waals surface area contributed by atoms with Gasteiger partial charge in [-0.25, -0.2) is 4.79 Å². The van der Waals surface area contributed by atoms with Crippen molar-refractivity contribution in [3.63, 3.8) is 0 Å². The lowest BCUT2D eigenvalue weighted by atomic mass is 10.1. The second-order valence-electron chi connectivity index (χ2n) is 3.92. The van der Waals surface area contributed by atoms with Crippen LogP contribution in [-0.2, 0) is 9.59 Å². The Morgan fingerprint density at radius 2 is 1.88 bits per heavy atom. The fourth-order valence-corrected chi connectivity index (χ4v) is 1.95. The fraction of sp³-hybridized carbons (Fsp3) is 0.667. The van der Waals surface area contributed by atoms with Crippen LogP contribution < -0.4 is 5.32 Å². The van der Waals surface area contributed by atoms with E-state index in [4.69, 9.17) is 5.11 Å². The van der Waals surface area contributed by atoms with Gasteiger partial charge in [-0.3, -0.25) is 4.79 Å². The van der Waals surface area contributed by atoms with Gasteiger partial charge in [-0.05, 0) is 38.7 Å². The summed E-state index contributed by atoms with van der Waals surface area (Å²) in [6, 6.07) is 0.0677. The van der Waals surface area contributed by atoms with Crippen molar-refractivity contribution >= 4 is 23.6 Å². The van der Waals surface area contributed by atoms with Crippen LogP contribution in [0.5, 0.6) is 0 Å². The maximum atomic E-state index is 11.7. The predicted molar refractivity (Wildman–Crippen MR) is 71.2 cm³/mol. The zero-order valence-corrected chi connectivity index (χ0v) is 11.7. The summed E-state index contributed by atoms with van der Waals surface area (Å²) in [6.07, 6.45) is 0.893. The Kier molecular flexibility index (Phi) is 7.70. The number of carboxylic acid groups (broad SMARTS) is 1. The molecular formula is C12H21NO3S. The first-order valence-corrected chi connectivity index (χ1v) is 6.85. The Bertz CT molecular complexity index is 313. The molecule has 0 heterocycles. The van der Waals surface area contributed by atoms with Crippen molar-refractivity contribution in [1.82, 2.24) is 5.32 Å². The number of hydrogen-bond donors (Lipinski definition) is 2. The molecule has 0 spiro atoms. The summed E-state index contributed by atoms with van der Waals surface area (Å²) in [5, 5.41) is 11.6. The molecule has 0 saturated heterocycles. The summed E-state index contributed by atoms with van der Waals surface area (Å²) in [5.74, 6) is 0.724. The Labute approximate surface area is 107 Å². The van der Waals surface area contributed by atoms with E-state index >= 15 is 0 Å². The average Bonchev–Trinajstić information content (AvgIpc) is 2.27. The van der Waals surface area contributed by atoms with Gasteiger partial charge in [-0.2, -0.15) is 11.8 Å². The quantitative estimate of drug-likeness (QED) is 0.542. The van der Waals surface area contributed by atoms with E-state index in [0.717, 1.165) is 17.9 Å². The van der Waals surface area contributed by atoms with Crippen molar-refractivity contribution < 1.29 is 14.7 Å². The maximum Gasteiger partial charge on any atom is 0.331 e. The monoisotopic (exact) mass is 259 g/mol. The second kappa shape index (κ2) is 8.17. The third kappa shape index (κ3) is 6.36. The van der Waals surface area contributed by atoms with Crippen LogP contribution in [0.3, 0.4) is 0 Å². The van der Waals surface area contributed by atoms with Crippen LogP contribution in [-0.4, -0.2) is 34.5 Å². The SMILES string of the molecule is CCSCCC(C)NC(=O)C(C)=C(C)C(=O)O. The van der Waals surface area contributed by atoms with Crippen LogP contribution in [0.4, 0.5) is 0 Å². The number of carbonyl (C=O) groups excluding carboxylic acids is 1. The Morgan fingerprint density at radius 1 is 1.29 bits per heavy atom. The number of carboxylic acids is 1. The van der Waals surface area contributed by atoms with Crippen LogP contribution in [0.15, 0.2) is 11.1 Å². The van der Waals surface area contributed by atoms with Crippen molar-refractivity contribution in [1.29, 1.82) is 0 Å². The van der Waals surface area contributed by atoms with Gasteiger partial charge < -0.3 is 10.4 Å². The number of amides is 1. The Morgan fingerprint density at radius 3 is 2.35 bits per heavy atom.